The van der Waals surface area contributed by atoms with Crippen LogP contribution in [-0.2, 0) is 4.74 Å². The van der Waals surface area contributed by atoms with E-state index in [2.05, 4.69) is 26.2 Å². The first-order valence-corrected chi connectivity index (χ1v) is 6.82. The predicted molar refractivity (Wildman–Crippen MR) is 73.9 cm³/mol. The molecule has 3 N–H and O–H groups in total. The van der Waals surface area contributed by atoms with Gasteiger partial charge in [0, 0.05) is 5.92 Å². The topological polar surface area (TPSA) is 47.3 Å². The summed E-state index contributed by atoms with van der Waals surface area (Å²) in [6.07, 6.45) is 0.306. The smallest absolute Gasteiger partial charge is 0.123 e. The predicted octanol–water partition coefficient (Wildman–Crippen LogP) is 2.70. The van der Waals surface area contributed by atoms with E-state index >= 15 is 0 Å². The average molecular weight is 266 g/mol. The van der Waals surface area contributed by atoms with Gasteiger partial charge in [-0.3, -0.25) is 11.3 Å². The zero-order chi connectivity index (χ0) is 14.2. The lowest BCUT2D eigenvalue weighted by Crippen LogP contribution is -2.38. The molecule has 1 aliphatic heterocycles. The highest BCUT2D eigenvalue weighted by atomic mass is 19.1. The number of aryl methyl sites for hydroxylation is 1. The lowest BCUT2D eigenvalue weighted by atomic mass is 9.80. The first-order chi connectivity index (χ1) is 8.93. The van der Waals surface area contributed by atoms with Crippen LogP contribution in [0.4, 0.5) is 4.39 Å². The second-order valence-electron chi connectivity index (χ2n) is 5.69. The fourth-order valence-electron chi connectivity index (χ4n) is 3.24. The van der Waals surface area contributed by atoms with Crippen LogP contribution >= 0.6 is 0 Å². The molecular formula is C15H23FN2O. The van der Waals surface area contributed by atoms with Crippen LogP contribution in [0.25, 0.3) is 0 Å². The molecule has 0 aromatic heterocycles. The summed E-state index contributed by atoms with van der Waals surface area (Å²) in [5.74, 6) is 6.12. The second kappa shape index (κ2) is 5.57. The maximum absolute atomic E-state index is 13.6. The van der Waals surface area contributed by atoms with Crippen LogP contribution < -0.4 is 11.3 Å². The molecule has 1 fully saturated rings. The number of hydrazine groups is 1. The van der Waals surface area contributed by atoms with Crippen molar-refractivity contribution in [3.8, 4) is 0 Å². The molecule has 2 rings (SSSR count). The molecule has 1 saturated heterocycles. The summed E-state index contributed by atoms with van der Waals surface area (Å²) in [7, 11) is 0. The number of nitrogens with one attached hydrogen (secondary N) is 1. The first kappa shape index (κ1) is 14.4. The number of nitrogens with two attached hydrogens (primary N) is 1. The Kier molecular flexibility index (Phi) is 4.23. The Bertz CT molecular complexity index is 432. The van der Waals surface area contributed by atoms with Crippen molar-refractivity contribution in [2.75, 3.05) is 0 Å². The third kappa shape index (κ3) is 2.81. The summed E-state index contributed by atoms with van der Waals surface area (Å²) < 4.78 is 19.4. The normalized spacial score (nSPS) is 32.5. The van der Waals surface area contributed by atoms with Crippen LogP contribution in [0.15, 0.2) is 18.2 Å². The summed E-state index contributed by atoms with van der Waals surface area (Å²) in [4.78, 5) is 0. The monoisotopic (exact) mass is 266 g/mol. The standard InChI is InChI=1S/C15H23FN2O/c1-8-5-12(7-13(16)6-8)15(18-17)14-9(2)10(3)19-11(14)4/h5-7,9-11,14-15,18H,17H2,1-4H3. The van der Waals surface area contributed by atoms with Crippen molar-refractivity contribution >= 4 is 0 Å². The van der Waals surface area contributed by atoms with Crippen LogP contribution in [0.1, 0.15) is 37.9 Å². The van der Waals surface area contributed by atoms with Crippen LogP contribution in [0.5, 0.6) is 0 Å². The second-order valence-corrected chi connectivity index (χ2v) is 5.69. The minimum Gasteiger partial charge on any atom is -0.375 e. The minimum atomic E-state index is -0.220. The van der Waals surface area contributed by atoms with Gasteiger partial charge in [-0.2, -0.15) is 0 Å². The highest BCUT2D eigenvalue weighted by molar-refractivity contribution is 5.27. The van der Waals surface area contributed by atoms with Gasteiger partial charge in [-0.05, 0) is 49.9 Å². The fourth-order valence-corrected chi connectivity index (χ4v) is 3.24. The molecule has 4 heteroatoms. The van der Waals surface area contributed by atoms with Crippen molar-refractivity contribution < 1.29 is 9.13 Å². The molecule has 1 heterocycles. The van der Waals surface area contributed by atoms with Gasteiger partial charge in [0.05, 0.1) is 18.2 Å². The van der Waals surface area contributed by atoms with E-state index in [9.17, 15) is 4.39 Å². The van der Waals surface area contributed by atoms with E-state index in [0.717, 1.165) is 11.1 Å². The molecule has 3 nitrogen and oxygen atoms in total. The van der Waals surface area contributed by atoms with Crippen molar-refractivity contribution in [2.45, 2.75) is 45.9 Å². The van der Waals surface area contributed by atoms with Gasteiger partial charge in [0.1, 0.15) is 5.82 Å². The summed E-state index contributed by atoms with van der Waals surface area (Å²) in [5.41, 5.74) is 4.64. The summed E-state index contributed by atoms with van der Waals surface area (Å²) in [5, 5.41) is 0. The Balaban J connectivity index is 2.34. The molecule has 106 valence electrons. The SMILES string of the molecule is Cc1cc(F)cc(C(NN)C2C(C)OC(C)C2C)c1. The van der Waals surface area contributed by atoms with Gasteiger partial charge < -0.3 is 4.74 Å². The third-order valence-corrected chi connectivity index (χ3v) is 4.31. The van der Waals surface area contributed by atoms with E-state index in [0.29, 0.717) is 5.92 Å². The van der Waals surface area contributed by atoms with Crippen molar-refractivity contribution in [3.05, 3.63) is 35.1 Å². The van der Waals surface area contributed by atoms with Crippen LogP contribution in [-0.4, -0.2) is 12.2 Å². The average Bonchev–Trinajstić information content (AvgIpc) is 2.56. The Hall–Kier alpha value is -0.970. The number of rotatable bonds is 3. The van der Waals surface area contributed by atoms with Crippen molar-refractivity contribution in [1.82, 2.24) is 5.43 Å². The maximum atomic E-state index is 13.6. The Morgan fingerprint density at radius 1 is 1.21 bits per heavy atom. The fraction of sp³-hybridized carbons (Fsp3) is 0.600. The molecule has 5 unspecified atom stereocenters. The number of hydrogen-bond donors (Lipinski definition) is 2. The van der Waals surface area contributed by atoms with Crippen molar-refractivity contribution in [2.24, 2.45) is 17.7 Å². The number of benzene rings is 1. The van der Waals surface area contributed by atoms with Gasteiger partial charge in [-0.25, -0.2) is 4.39 Å². The molecule has 0 spiro atoms. The maximum Gasteiger partial charge on any atom is 0.123 e. The van der Waals surface area contributed by atoms with Gasteiger partial charge >= 0.3 is 0 Å². The quantitative estimate of drug-likeness (QED) is 0.653. The van der Waals surface area contributed by atoms with Crippen molar-refractivity contribution in [1.29, 1.82) is 0 Å². The van der Waals surface area contributed by atoms with Crippen LogP contribution in [0.3, 0.4) is 0 Å². The van der Waals surface area contributed by atoms with E-state index in [1.54, 1.807) is 6.07 Å². The molecule has 0 radical (unpaired) electrons. The molecule has 0 saturated carbocycles. The Morgan fingerprint density at radius 2 is 1.89 bits per heavy atom. The highest BCUT2D eigenvalue weighted by Crippen LogP contribution is 2.40. The zero-order valence-corrected chi connectivity index (χ0v) is 12.0. The van der Waals surface area contributed by atoms with Crippen molar-refractivity contribution in [3.63, 3.8) is 0 Å². The largest absolute Gasteiger partial charge is 0.375 e. The van der Waals surface area contributed by atoms with Gasteiger partial charge in [0.25, 0.3) is 0 Å². The van der Waals surface area contributed by atoms with E-state index < -0.39 is 0 Å². The molecule has 0 aliphatic carbocycles. The minimum absolute atomic E-state index is 0.0932. The van der Waals surface area contributed by atoms with Gasteiger partial charge in [-0.15, -0.1) is 0 Å². The van der Waals surface area contributed by atoms with E-state index in [4.69, 9.17) is 10.6 Å². The van der Waals surface area contributed by atoms with Gasteiger partial charge in [-0.1, -0.05) is 13.0 Å². The number of halogens is 1. The van der Waals surface area contributed by atoms with E-state index in [1.807, 2.05) is 13.0 Å². The highest BCUT2D eigenvalue weighted by Gasteiger charge is 2.42. The summed E-state index contributed by atoms with van der Waals surface area (Å²) in [6, 6.07) is 4.97. The molecular weight excluding hydrogens is 243 g/mol. The van der Waals surface area contributed by atoms with Gasteiger partial charge in [0.2, 0.25) is 0 Å². The molecule has 0 bridgehead atoms. The molecule has 5 atom stereocenters. The molecule has 1 aromatic rings. The van der Waals surface area contributed by atoms with Crippen LogP contribution in [0, 0.1) is 24.6 Å². The number of ether oxygens (including phenoxy) is 1. The molecule has 0 amide bonds. The molecule has 1 aromatic carbocycles. The number of hydrogen-bond acceptors (Lipinski definition) is 3. The Morgan fingerprint density at radius 3 is 2.37 bits per heavy atom. The molecule has 1 aliphatic rings. The first-order valence-electron chi connectivity index (χ1n) is 6.82. The lowest BCUT2D eigenvalue weighted by Gasteiger charge is -2.29. The van der Waals surface area contributed by atoms with E-state index in [-0.39, 0.29) is 30.0 Å². The summed E-state index contributed by atoms with van der Waals surface area (Å²) >= 11 is 0. The van der Waals surface area contributed by atoms with Gasteiger partial charge in [0.15, 0.2) is 0 Å². The summed E-state index contributed by atoms with van der Waals surface area (Å²) in [6.45, 7) is 8.18. The Labute approximate surface area is 114 Å². The zero-order valence-electron chi connectivity index (χ0n) is 12.0. The third-order valence-electron chi connectivity index (χ3n) is 4.31. The lowest BCUT2D eigenvalue weighted by molar-refractivity contribution is 0.0475. The molecule has 19 heavy (non-hydrogen) atoms. The van der Waals surface area contributed by atoms with E-state index in [1.165, 1.54) is 6.07 Å². The van der Waals surface area contributed by atoms with Crippen LogP contribution in [0.2, 0.25) is 0 Å².